The first-order chi connectivity index (χ1) is 7.36. The first-order valence-electron chi connectivity index (χ1n) is 5.18. The average Bonchev–Trinajstić information content (AvgIpc) is 2.66. The summed E-state index contributed by atoms with van der Waals surface area (Å²) in [6.45, 7) is 10.8. The molecular formula is C10H16N2S4. The number of hydrogen-bond donors (Lipinski definition) is 0. The van der Waals surface area contributed by atoms with Crippen LogP contribution >= 0.6 is 45.1 Å². The van der Waals surface area contributed by atoms with Crippen LogP contribution in [0.4, 0.5) is 0 Å². The van der Waals surface area contributed by atoms with E-state index in [1.54, 1.807) is 21.6 Å². The van der Waals surface area contributed by atoms with Gasteiger partial charge in [0.15, 0.2) is 0 Å². The van der Waals surface area contributed by atoms with Crippen molar-refractivity contribution in [2.24, 2.45) is 9.98 Å². The third-order valence-electron chi connectivity index (χ3n) is 2.09. The first-order valence-corrected chi connectivity index (χ1v) is 8.96. The third-order valence-corrected chi connectivity index (χ3v) is 7.52. The molecule has 0 saturated carbocycles. The van der Waals surface area contributed by atoms with Crippen LogP contribution in [0, 0.1) is 0 Å². The fraction of sp³-hybridized carbons (Fsp3) is 0.800. The van der Waals surface area contributed by atoms with E-state index in [1.165, 1.54) is 8.75 Å². The molecule has 90 valence electrons. The summed E-state index contributed by atoms with van der Waals surface area (Å²) in [6, 6.07) is 0. The average molecular weight is 293 g/mol. The number of aliphatic imine (C=N–C) groups is 2. The van der Waals surface area contributed by atoms with Gasteiger partial charge in [-0.05, 0) is 49.3 Å². The highest BCUT2D eigenvalue weighted by atomic mass is 33.1. The molecule has 2 aliphatic rings. The van der Waals surface area contributed by atoms with Crippen LogP contribution in [0.3, 0.4) is 0 Å². The summed E-state index contributed by atoms with van der Waals surface area (Å²) in [4.78, 5) is 9.09. The SMILES string of the molecule is CC1(C)CN=C(SSC2=NCC(C)(C)S2)S1. The van der Waals surface area contributed by atoms with Gasteiger partial charge in [-0.15, -0.1) is 0 Å². The fourth-order valence-electron chi connectivity index (χ4n) is 1.27. The van der Waals surface area contributed by atoms with Gasteiger partial charge in [0, 0.05) is 9.49 Å². The van der Waals surface area contributed by atoms with Crippen molar-refractivity contribution >= 4 is 53.9 Å². The number of thioether (sulfide) groups is 2. The molecule has 0 bridgehead atoms. The summed E-state index contributed by atoms with van der Waals surface area (Å²) in [5, 5.41) is 0. The van der Waals surface area contributed by atoms with Gasteiger partial charge >= 0.3 is 0 Å². The maximum Gasteiger partial charge on any atom is 0.136 e. The second-order valence-corrected chi connectivity index (χ2v) is 11.1. The van der Waals surface area contributed by atoms with Crippen LogP contribution in [0.5, 0.6) is 0 Å². The summed E-state index contributed by atoms with van der Waals surface area (Å²) in [5.41, 5.74) is 0. The maximum atomic E-state index is 4.54. The van der Waals surface area contributed by atoms with Crippen molar-refractivity contribution in [1.29, 1.82) is 0 Å². The minimum atomic E-state index is 0.285. The molecule has 0 aromatic carbocycles. The van der Waals surface area contributed by atoms with E-state index in [0.29, 0.717) is 0 Å². The Morgan fingerprint density at radius 2 is 1.25 bits per heavy atom. The zero-order valence-corrected chi connectivity index (χ0v) is 13.2. The van der Waals surface area contributed by atoms with Crippen LogP contribution in [-0.4, -0.2) is 31.3 Å². The molecule has 0 saturated heterocycles. The molecule has 0 amide bonds. The second kappa shape index (κ2) is 4.78. The van der Waals surface area contributed by atoms with E-state index in [9.17, 15) is 0 Å². The fourth-order valence-corrected chi connectivity index (χ4v) is 6.70. The van der Waals surface area contributed by atoms with Crippen molar-refractivity contribution in [2.75, 3.05) is 13.1 Å². The monoisotopic (exact) mass is 292 g/mol. The van der Waals surface area contributed by atoms with Gasteiger partial charge in [0.1, 0.15) is 8.75 Å². The normalized spacial score (nSPS) is 26.8. The number of rotatable bonds is 0. The van der Waals surface area contributed by atoms with Gasteiger partial charge in [-0.3, -0.25) is 9.98 Å². The van der Waals surface area contributed by atoms with Gasteiger partial charge in [0.2, 0.25) is 0 Å². The minimum absolute atomic E-state index is 0.285. The van der Waals surface area contributed by atoms with E-state index in [1.807, 2.05) is 23.5 Å². The summed E-state index contributed by atoms with van der Waals surface area (Å²) in [7, 11) is 3.52. The summed E-state index contributed by atoms with van der Waals surface area (Å²) in [5.74, 6) is 0. The van der Waals surface area contributed by atoms with Gasteiger partial charge in [0.05, 0.1) is 13.1 Å². The lowest BCUT2D eigenvalue weighted by Crippen LogP contribution is -2.14. The highest BCUT2D eigenvalue weighted by Crippen LogP contribution is 2.45. The molecule has 0 fully saturated rings. The summed E-state index contributed by atoms with van der Waals surface area (Å²) >= 11 is 3.76. The molecule has 0 unspecified atom stereocenters. The highest BCUT2D eigenvalue weighted by molar-refractivity contribution is 8.93. The van der Waals surface area contributed by atoms with Gasteiger partial charge < -0.3 is 0 Å². The third kappa shape index (κ3) is 3.62. The Morgan fingerprint density at radius 3 is 1.50 bits per heavy atom. The van der Waals surface area contributed by atoms with Crippen LogP contribution in [0.15, 0.2) is 9.98 Å². The number of hydrogen-bond acceptors (Lipinski definition) is 6. The predicted molar refractivity (Wildman–Crippen MR) is 83.1 cm³/mol. The molecule has 2 rings (SSSR count). The smallest absolute Gasteiger partial charge is 0.136 e. The molecular weight excluding hydrogens is 276 g/mol. The largest absolute Gasteiger partial charge is 0.270 e. The molecule has 0 aromatic heterocycles. The van der Waals surface area contributed by atoms with Crippen molar-refractivity contribution in [2.45, 2.75) is 37.2 Å². The zero-order chi connectivity index (χ0) is 11.8. The topological polar surface area (TPSA) is 24.7 Å². The Balaban J connectivity index is 1.78. The quantitative estimate of drug-likeness (QED) is 0.627. The Labute approximate surface area is 114 Å². The molecule has 2 heterocycles. The van der Waals surface area contributed by atoms with Crippen molar-refractivity contribution in [3.63, 3.8) is 0 Å². The van der Waals surface area contributed by atoms with E-state index < -0.39 is 0 Å². The molecule has 6 heteroatoms. The minimum Gasteiger partial charge on any atom is -0.270 e. The standard InChI is InChI=1S/C10H16N2S4/c1-9(2)5-11-7(13-9)15-16-8-12-6-10(3,4)14-8/h5-6H2,1-4H3. The second-order valence-electron chi connectivity index (χ2n) is 5.05. The summed E-state index contributed by atoms with van der Waals surface area (Å²) in [6.07, 6.45) is 0. The van der Waals surface area contributed by atoms with E-state index in [-0.39, 0.29) is 9.49 Å². The molecule has 0 aliphatic carbocycles. The van der Waals surface area contributed by atoms with E-state index >= 15 is 0 Å². The molecule has 0 atom stereocenters. The Bertz CT molecular complexity index is 313. The number of nitrogens with zero attached hydrogens (tertiary/aromatic N) is 2. The van der Waals surface area contributed by atoms with Crippen LogP contribution in [0.25, 0.3) is 0 Å². The Kier molecular flexibility index (Phi) is 3.94. The lowest BCUT2D eigenvalue weighted by atomic mass is 10.2. The molecule has 0 radical (unpaired) electrons. The van der Waals surface area contributed by atoms with Gasteiger partial charge in [-0.25, -0.2) is 0 Å². The van der Waals surface area contributed by atoms with Crippen molar-refractivity contribution in [3.8, 4) is 0 Å². The molecule has 2 nitrogen and oxygen atoms in total. The van der Waals surface area contributed by atoms with Crippen molar-refractivity contribution in [3.05, 3.63) is 0 Å². The van der Waals surface area contributed by atoms with Crippen LogP contribution in [-0.2, 0) is 0 Å². The molecule has 2 aliphatic heterocycles. The van der Waals surface area contributed by atoms with Gasteiger partial charge in [-0.1, -0.05) is 23.5 Å². The van der Waals surface area contributed by atoms with E-state index in [2.05, 4.69) is 37.7 Å². The van der Waals surface area contributed by atoms with Gasteiger partial charge in [-0.2, -0.15) is 0 Å². The Morgan fingerprint density at radius 1 is 0.875 bits per heavy atom. The molecule has 0 spiro atoms. The predicted octanol–water partition coefficient (Wildman–Crippen LogP) is 4.13. The maximum absolute atomic E-state index is 4.54. The van der Waals surface area contributed by atoms with Crippen molar-refractivity contribution in [1.82, 2.24) is 0 Å². The van der Waals surface area contributed by atoms with Crippen LogP contribution in [0.1, 0.15) is 27.7 Å². The Hall–Kier alpha value is 0.740. The first kappa shape index (κ1) is 13.2. The highest BCUT2D eigenvalue weighted by Gasteiger charge is 2.30. The lowest BCUT2D eigenvalue weighted by Gasteiger charge is -2.14. The van der Waals surface area contributed by atoms with E-state index in [4.69, 9.17) is 0 Å². The van der Waals surface area contributed by atoms with Gasteiger partial charge in [0.25, 0.3) is 0 Å². The van der Waals surface area contributed by atoms with Crippen LogP contribution < -0.4 is 0 Å². The molecule has 0 N–H and O–H groups in total. The molecule has 16 heavy (non-hydrogen) atoms. The van der Waals surface area contributed by atoms with Crippen molar-refractivity contribution < 1.29 is 0 Å². The molecule has 0 aromatic rings. The zero-order valence-electron chi connectivity index (χ0n) is 9.94. The lowest BCUT2D eigenvalue weighted by molar-refractivity contribution is 0.741. The summed E-state index contributed by atoms with van der Waals surface area (Å²) < 4.78 is 2.96. The van der Waals surface area contributed by atoms with E-state index in [0.717, 1.165) is 13.1 Å². The van der Waals surface area contributed by atoms with Crippen LogP contribution in [0.2, 0.25) is 0 Å².